The third kappa shape index (κ3) is 3.74. The molecule has 0 heterocycles. The second-order valence-corrected chi connectivity index (χ2v) is 4.75. The van der Waals surface area contributed by atoms with Crippen LogP contribution >= 0.6 is 11.6 Å². The summed E-state index contributed by atoms with van der Waals surface area (Å²) in [6.45, 7) is 0.403. The van der Waals surface area contributed by atoms with E-state index >= 15 is 0 Å². The van der Waals surface area contributed by atoms with Gasteiger partial charge in [-0.05, 0) is 30.9 Å². The number of amides is 2. The summed E-state index contributed by atoms with van der Waals surface area (Å²) in [5.74, 6) is -1.12. The predicted molar refractivity (Wildman–Crippen MR) is 69.3 cm³/mol. The summed E-state index contributed by atoms with van der Waals surface area (Å²) in [7, 11) is 0. The third-order valence-corrected chi connectivity index (χ3v) is 3.13. The smallest absolute Gasteiger partial charge is 0.309 e. The van der Waals surface area contributed by atoms with E-state index in [1.54, 1.807) is 6.07 Å². The van der Waals surface area contributed by atoms with Crippen molar-refractivity contribution in [2.45, 2.75) is 25.3 Å². The molecular weight excluding hydrogens is 252 g/mol. The van der Waals surface area contributed by atoms with Crippen LogP contribution in [0.15, 0.2) is 24.3 Å². The normalized spacial score (nSPS) is 14.1. The number of carbonyl (C=O) groups excluding carboxylic acids is 2. The molecule has 0 unspecified atom stereocenters. The van der Waals surface area contributed by atoms with E-state index in [1.165, 1.54) is 0 Å². The van der Waals surface area contributed by atoms with E-state index in [4.69, 9.17) is 11.6 Å². The summed E-state index contributed by atoms with van der Waals surface area (Å²) in [5, 5.41) is 5.89. The summed E-state index contributed by atoms with van der Waals surface area (Å²) >= 11 is 5.99. The van der Waals surface area contributed by atoms with Crippen LogP contribution in [-0.2, 0) is 16.0 Å². The lowest BCUT2D eigenvalue weighted by Crippen LogP contribution is -2.41. The van der Waals surface area contributed by atoms with E-state index in [2.05, 4.69) is 10.6 Å². The fourth-order valence-corrected chi connectivity index (χ4v) is 1.80. The zero-order valence-corrected chi connectivity index (χ0v) is 10.7. The minimum atomic E-state index is -0.575. The molecule has 2 amide bonds. The molecule has 0 bridgehead atoms. The second kappa shape index (κ2) is 5.87. The lowest BCUT2D eigenvalue weighted by molar-refractivity contribution is -0.139. The van der Waals surface area contributed by atoms with Crippen molar-refractivity contribution < 1.29 is 9.59 Å². The van der Waals surface area contributed by atoms with Gasteiger partial charge in [0.15, 0.2) is 0 Å². The first-order chi connectivity index (χ1) is 8.66. The second-order valence-electron chi connectivity index (χ2n) is 4.35. The molecule has 0 radical (unpaired) electrons. The molecule has 0 aromatic heterocycles. The molecule has 96 valence electrons. The van der Waals surface area contributed by atoms with Crippen LogP contribution < -0.4 is 10.6 Å². The van der Waals surface area contributed by atoms with Crippen LogP contribution in [-0.4, -0.2) is 24.4 Å². The van der Waals surface area contributed by atoms with Crippen molar-refractivity contribution in [3.63, 3.8) is 0 Å². The van der Waals surface area contributed by atoms with Gasteiger partial charge in [0.25, 0.3) is 0 Å². The zero-order chi connectivity index (χ0) is 13.0. The lowest BCUT2D eigenvalue weighted by Gasteiger charge is -2.06. The Hall–Kier alpha value is -1.55. The van der Waals surface area contributed by atoms with Crippen molar-refractivity contribution in [3.8, 4) is 0 Å². The third-order valence-electron chi connectivity index (χ3n) is 2.76. The van der Waals surface area contributed by atoms with Crippen LogP contribution in [0.3, 0.4) is 0 Å². The molecule has 4 nitrogen and oxygen atoms in total. The van der Waals surface area contributed by atoms with Crippen LogP contribution in [0.4, 0.5) is 0 Å². The SMILES string of the molecule is O=C(NCCc1ccccc1Cl)C(=O)NC1CC1. The molecule has 2 N–H and O–H groups in total. The number of nitrogens with one attached hydrogen (secondary N) is 2. The number of hydrogen-bond acceptors (Lipinski definition) is 2. The monoisotopic (exact) mass is 266 g/mol. The Balaban J connectivity index is 1.72. The molecule has 1 aromatic carbocycles. The number of benzene rings is 1. The van der Waals surface area contributed by atoms with E-state index in [1.807, 2.05) is 18.2 Å². The average molecular weight is 267 g/mol. The molecule has 1 fully saturated rings. The van der Waals surface area contributed by atoms with Crippen molar-refractivity contribution in [3.05, 3.63) is 34.9 Å². The fraction of sp³-hybridized carbons (Fsp3) is 0.385. The Morgan fingerprint density at radius 1 is 1.22 bits per heavy atom. The Labute approximate surface area is 111 Å². The van der Waals surface area contributed by atoms with Gasteiger partial charge in [0.1, 0.15) is 0 Å². The standard InChI is InChI=1S/C13H15ClN2O2/c14-11-4-2-1-3-9(11)7-8-15-12(17)13(18)16-10-5-6-10/h1-4,10H,5-8H2,(H,15,17)(H,16,18). The maximum Gasteiger partial charge on any atom is 0.309 e. The first-order valence-electron chi connectivity index (χ1n) is 5.99. The van der Waals surface area contributed by atoms with Crippen molar-refractivity contribution in [1.29, 1.82) is 0 Å². The van der Waals surface area contributed by atoms with Gasteiger partial charge in [-0.1, -0.05) is 29.8 Å². The Morgan fingerprint density at radius 2 is 1.94 bits per heavy atom. The molecule has 1 aromatic rings. The molecule has 2 rings (SSSR count). The Kier molecular flexibility index (Phi) is 4.20. The maximum atomic E-state index is 11.4. The van der Waals surface area contributed by atoms with Gasteiger partial charge in [0, 0.05) is 17.6 Å². The number of rotatable bonds is 4. The first-order valence-corrected chi connectivity index (χ1v) is 6.36. The van der Waals surface area contributed by atoms with Crippen molar-refractivity contribution >= 4 is 23.4 Å². The van der Waals surface area contributed by atoms with Gasteiger partial charge in [0.05, 0.1) is 0 Å². The zero-order valence-electron chi connectivity index (χ0n) is 9.91. The Bertz CT molecular complexity index is 458. The van der Waals surface area contributed by atoms with Crippen molar-refractivity contribution in [1.82, 2.24) is 10.6 Å². The molecule has 1 saturated carbocycles. The minimum Gasteiger partial charge on any atom is -0.348 e. The highest BCUT2D eigenvalue weighted by Crippen LogP contribution is 2.18. The van der Waals surface area contributed by atoms with E-state index in [9.17, 15) is 9.59 Å². The summed E-state index contributed by atoms with van der Waals surface area (Å²) in [5.41, 5.74) is 0.960. The molecule has 1 aliphatic carbocycles. The summed E-state index contributed by atoms with van der Waals surface area (Å²) in [6, 6.07) is 7.65. The van der Waals surface area contributed by atoms with Gasteiger partial charge >= 0.3 is 11.8 Å². The molecular formula is C13H15ClN2O2. The Morgan fingerprint density at radius 3 is 2.61 bits per heavy atom. The molecule has 18 heavy (non-hydrogen) atoms. The van der Waals surface area contributed by atoms with E-state index in [-0.39, 0.29) is 6.04 Å². The highest BCUT2D eigenvalue weighted by Gasteiger charge is 2.26. The number of halogens is 1. The number of hydrogen-bond donors (Lipinski definition) is 2. The summed E-state index contributed by atoms with van der Waals surface area (Å²) in [4.78, 5) is 22.8. The van der Waals surface area contributed by atoms with E-state index in [0.29, 0.717) is 18.0 Å². The molecule has 0 aliphatic heterocycles. The summed E-state index contributed by atoms with van der Waals surface area (Å²) in [6.07, 6.45) is 2.55. The average Bonchev–Trinajstić information content (AvgIpc) is 3.15. The quantitative estimate of drug-likeness (QED) is 0.807. The molecule has 5 heteroatoms. The van der Waals surface area contributed by atoms with Gasteiger partial charge < -0.3 is 10.6 Å². The first kappa shape index (κ1) is 12.9. The van der Waals surface area contributed by atoms with Gasteiger partial charge in [-0.3, -0.25) is 9.59 Å². The highest BCUT2D eigenvalue weighted by molar-refractivity contribution is 6.35. The van der Waals surface area contributed by atoms with Gasteiger partial charge in [-0.25, -0.2) is 0 Å². The molecule has 0 saturated heterocycles. The predicted octanol–water partition coefficient (Wildman–Crippen LogP) is 1.28. The van der Waals surface area contributed by atoms with Crippen LogP contribution in [0.5, 0.6) is 0 Å². The molecule has 0 spiro atoms. The largest absolute Gasteiger partial charge is 0.348 e. The number of carbonyl (C=O) groups is 2. The molecule has 1 aliphatic rings. The van der Waals surface area contributed by atoms with Crippen LogP contribution in [0.2, 0.25) is 5.02 Å². The topological polar surface area (TPSA) is 58.2 Å². The van der Waals surface area contributed by atoms with Gasteiger partial charge in [0.2, 0.25) is 0 Å². The van der Waals surface area contributed by atoms with Crippen molar-refractivity contribution in [2.75, 3.05) is 6.54 Å². The fourth-order valence-electron chi connectivity index (χ4n) is 1.57. The van der Waals surface area contributed by atoms with E-state index in [0.717, 1.165) is 18.4 Å². The van der Waals surface area contributed by atoms with Gasteiger partial charge in [-0.15, -0.1) is 0 Å². The maximum absolute atomic E-state index is 11.4. The van der Waals surface area contributed by atoms with Crippen LogP contribution in [0.25, 0.3) is 0 Å². The van der Waals surface area contributed by atoms with Crippen molar-refractivity contribution in [2.24, 2.45) is 0 Å². The summed E-state index contributed by atoms with van der Waals surface area (Å²) < 4.78 is 0. The lowest BCUT2D eigenvalue weighted by atomic mass is 10.1. The van der Waals surface area contributed by atoms with E-state index < -0.39 is 11.8 Å². The van der Waals surface area contributed by atoms with Crippen LogP contribution in [0.1, 0.15) is 18.4 Å². The molecule has 0 atom stereocenters. The highest BCUT2D eigenvalue weighted by atomic mass is 35.5. The van der Waals surface area contributed by atoms with Gasteiger partial charge in [-0.2, -0.15) is 0 Å². The van der Waals surface area contributed by atoms with Crippen LogP contribution in [0, 0.1) is 0 Å². The minimum absolute atomic E-state index is 0.201.